The molecule has 4 nitrogen and oxygen atoms in total. The summed E-state index contributed by atoms with van der Waals surface area (Å²) >= 11 is 0. The van der Waals surface area contributed by atoms with Crippen molar-refractivity contribution in [3.8, 4) is 0 Å². The predicted molar refractivity (Wildman–Crippen MR) is 108 cm³/mol. The minimum Gasteiger partial charge on any atom is -0.340 e. The first-order valence-corrected chi connectivity index (χ1v) is 9.27. The smallest absolute Gasteiger partial charge is 0.254 e. The number of carbonyl (C=O) groups excluding carboxylic acids is 1. The fourth-order valence-electron chi connectivity index (χ4n) is 3.62. The van der Waals surface area contributed by atoms with Crippen molar-refractivity contribution in [1.29, 1.82) is 0 Å². The summed E-state index contributed by atoms with van der Waals surface area (Å²) in [5.41, 5.74) is 6.59. The Kier molecular flexibility index (Phi) is 4.63. The number of anilines is 2. The topological polar surface area (TPSA) is 45.2 Å². The van der Waals surface area contributed by atoms with Crippen LogP contribution in [-0.2, 0) is 13.0 Å². The molecule has 1 aromatic heterocycles. The van der Waals surface area contributed by atoms with Gasteiger partial charge in [0.1, 0.15) is 5.82 Å². The quantitative estimate of drug-likeness (QED) is 0.743. The Morgan fingerprint density at radius 1 is 1.00 bits per heavy atom. The van der Waals surface area contributed by atoms with E-state index in [0.29, 0.717) is 17.9 Å². The van der Waals surface area contributed by atoms with E-state index >= 15 is 0 Å². The minimum atomic E-state index is 0.0523. The number of aryl methyl sites for hydroxylation is 2. The number of aromatic nitrogens is 1. The van der Waals surface area contributed by atoms with E-state index in [0.717, 1.165) is 29.8 Å². The standard InChI is InChI=1S/C23H23N3O/c1-16-6-5-7-17(2)22(16)25-21-14-19(10-12-24-21)23(27)26-13-11-18-8-3-4-9-20(18)15-26/h3-10,12,14H,11,13,15H2,1-2H3,(H,24,25). The van der Waals surface area contributed by atoms with Gasteiger partial charge >= 0.3 is 0 Å². The molecule has 27 heavy (non-hydrogen) atoms. The summed E-state index contributed by atoms with van der Waals surface area (Å²) in [4.78, 5) is 19.3. The lowest BCUT2D eigenvalue weighted by molar-refractivity contribution is 0.0734. The molecule has 1 aliphatic heterocycles. The predicted octanol–water partition coefficient (Wildman–Crippen LogP) is 4.64. The number of para-hydroxylation sites is 1. The lowest BCUT2D eigenvalue weighted by Gasteiger charge is -2.29. The third kappa shape index (κ3) is 3.56. The van der Waals surface area contributed by atoms with Crippen LogP contribution in [0, 0.1) is 13.8 Å². The second-order valence-corrected chi connectivity index (χ2v) is 7.07. The monoisotopic (exact) mass is 357 g/mol. The average molecular weight is 357 g/mol. The first-order valence-electron chi connectivity index (χ1n) is 9.27. The van der Waals surface area contributed by atoms with Gasteiger partial charge in [-0.25, -0.2) is 4.98 Å². The molecule has 1 N–H and O–H groups in total. The van der Waals surface area contributed by atoms with Crippen LogP contribution < -0.4 is 5.32 Å². The normalized spacial score (nSPS) is 13.2. The number of fused-ring (bicyclic) bond motifs is 1. The molecular formula is C23H23N3O. The van der Waals surface area contributed by atoms with Crippen LogP contribution in [0.5, 0.6) is 0 Å². The molecule has 136 valence electrons. The van der Waals surface area contributed by atoms with Crippen molar-refractivity contribution in [3.63, 3.8) is 0 Å². The molecule has 1 amide bonds. The molecule has 2 heterocycles. The van der Waals surface area contributed by atoms with E-state index in [-0.39, 0.29) is 5.91 Å². The summed E-state index contributed by atoms with van der Waals surface area (Å²) in [5.74, 6) is 0.743. The Morgan fingerprint density at radius 2 is 1.74 bits per heavy atom. The Labute approximate surface area is 159 Å². The van der Waals surface area contributed by atoms with Gasteiger partial charge in [-0.1, -0.05) is 42.5 Å². The molecule has 0 saturated heterocycles. The Morgan fingerprint density at radius 3 is 2.52 bits per heavy atom. The molecule has 2 aromatic carbocycles. The summed E-state index contributed by atoms with van der Waals surface area (Å²) in [5, 5.41) is 3.37. The molecular weight excluding hydrogens is 334 g/mol. The Hall–Kier alpha value is -3.14. The van der Waals surface area contributed by atoms with Gasteiger partial charge in [0.05, 0.1) is 0 Å². The number of carbonyl (C=O) groups is 1. The highest BCUT2D eigenvalue weighted by molar-refractivity contribution is 5.95. The van der Waals surface area contributed by atoms with Gasteiger partial charge in [0.15, 0.2) is 0 Å². The summed E-state index contributed by atoms with van der Waals surface area (Å²) < 4.78 is 0. The lowest BCUT2D eigenvalue weighted by Crippen LogP contribution is -2.35. The third-order valence-corrected chi connectivity index (χ3v) is 5.16. The third-order valence-electron chi connectivity index (χ3n) is 5.16. The van der Waals surface area contributed by atoms with Crippen molar-refractivity contribution in [2.45, 2.75) is 26.8 Å². The molecule has 0 spiro atoms. The van der Waals surface area contributed by atoms with E-state index in [1.165, 1.54) is 11.1 Å². The average Bonchev–Trinajstić information content (AvgIpc) is 2.70. The first-order chi connectivity index (χ1) is 13.1. The van der Waals surface area contributed by atoms with Crippen LogP contribution >= 0.6 is 0 Å². The Bertz CT molecular complexity index is 976. The molecule has 0 fully saturated rings. The van der Waals surface area contributed by atoms with Gasteiger partial charge in [0.25, 0.3) is 5.91 Å². The number of rotatable bonds is 3. The van der Waals surface area contributed by atoms with Crippen LogP contribution in [0.4, 0.5) is 11.5 Å². The van der Waals surface area contributed by atoms with Crippen LogP contribution in [0.1, 0.15) is 32.6 Å². The van der Waals surface area contributed by atoms with E-state index in [4.69, 9.17) is 0 Å². The summed E-state index contributed by atoms with van der Waals surface area (Å²) in [6.07, 6.45) is 2.60. The molecule has 0 saturated carbocycles. The van der Waals surface area contributed by atoms with Crippen molar-refractivity contribution in [2.24, 2.45) is 0 Å². The van der Waals surface area contributed by atoms with Gasteiger partial charge in [-0.2, -0.15) is 0 Å². The second-order valence-electron chi connectivity index (χ2n) is 7.07. The zero-order chi connectivity index (χ0) is 18.8. The highest BCUT2D eigenvalue weighted by Crippen LogP contribution is 2.25. The second kappa shape index (κ2) is 7.23. The summed E-state index contributed by atoms with van der Waals surface area (Å²) in [6, 6.07) is 18.2. The first kappa shape index (κ1) is 17.3. The van der Waals surface area contributed by atoms with Crippen molar-refractivity contribution < 1.29 is 4.79 Å². The highest BCUT2D eigenvalue weighted by Gasteiger charge is 2.21. The molecule has 3 aromatic rings. The van der Waals surface area contributed by atoms with Gasteiger partial charge in [-0.15, -0.1) is 0 Å². The van der Waals surface area contributed by atoms with Crippen LogP contribution in [0.3, 0.4) is 0 Å². The van der Waals surface area contributed by atoms with E-state index in [9.17, 15) is 4.79 Å². The van der Waals surface area contributed by atoms with Crippen LogP contribution in [0.25, 0.3) is 0 Å². The van der Waals surface area contributed by atoms with E-state index in [1.807, 2.05) is 23.1 Å². The van der Waals surface area contributed by atoms with Gasteiger partial charge < -0.3 is 10.2 Å². The molecule has 0 aliphatic carbocycles. The number of hydrogen-bond donors (Lipinski definition) is 1. The van der Waals surface area contributed by atoms with Crippen LogP contribution in [-0.4, -0.2) is 22.3 Å². The molecule has 0 bridgehead atoms. The lowest BCUT2D eigenvalue weighted by atomic mass is 9.99. The van der Waals surface area contributed by atoms with Gasteiger partial charge in [0, 0.05) is 30.5 Å². The van der Waals surface area contributed by atoms with Crippen molar-refractivity contribution in [1.82, 2.24) is 9.88 Å². The fourth-order valence-corrected chi connectivity index (χ4v) is 3.62. The SMILES string of the molecule is Cc1cccc(C)c1Nc1cc(C(=O)N2CCc3ccccc3C2)ccn1. The molecule has 4 rings (SSSR count). The minimum absolute atomic E-state index is 0.0523. The maximum absolute atomic E-state index is 13.0. The zero-order valence-electron chi connectivity index (χ0n) is 15.7. The van der Waals surface area contributed by atoms with Crippen molar-refractivity contribution in [2.75, 3.05) is 11.9 Å². The molecule has 4 heteroatoms. The number of amides is 1. The molecule has 0 atom stereocenters. The number of nitrogens with one attached hydrogen (secondary N) is 1. The van der Waals surface area contributed by atoms with E-state index < -0.39 is 0 Å². The molecule has 1 aliphatic rings. The number of nitrogens with zero attached hydrogens (tertiary/aromatic N) is 2. The summed E-state index contributed by atoms with van der Waals surface area (Å²) in [6.45, 7) is 5.54. The number of pyridine rings is 1. The van der Waals surface area contributed by atoms with Crippen molar-refractivity contribution >= 4 is 17.4 Å². The maximum Gasteiger partial charge on any atom is 0.254 e. The molecule has 0 radical (unpaired) electrons. The van der Waals surface area contributed by atoms with Gasteiger partial charge in [-0.05, 0) is 54.7 Å². The van der Waals surface area contributed by atoms with Crippen LogP contribution in [0.15, 0.2) is 60.8 Å². The highest BCUT2D eigenvalue weighted by atomic mass is 16.2. The van der Waals surface area contributed by atoms with Crippen LogP contribution in [0.2, 0.25) is 0 Å². The summed E-state index contributed by atoms with van der Waals surface area (Å²) in [7, 11) is 0. The van der Waals surface area contributed by atoms with Crippen molar-refractivity contribution in [3.05, 3.63) is 88.6 Å². The zero-order valence-corrected chi connectivity index (χ0v) is 15.7. The largest absolute Gasteiger partial charge is 0.340 e. The molecule has 0 unspecified atom stereocenters. The van der Waals surface area contributed by atoms with Gasteiger partial charge in [0.2, 0.25) is 0 Å². The maximum atomic E-state index is 13.0. The number of hydrogen-bond acceptors (Lipinski definition) is 3. The van der Waals surface area contributed by atoms with E-state index in [1.54, 1.807) is 12.3 Å². The van der Waals surface area contributed by atoms with Gasteiger partial charge in [-0.3, -0.25) is 4.79 Å². The van der Waals surface area contributed by atoms with E-state index in [2.05, 4.69) is 54.5 Å². The fraction of sp³-hybridized carbons (Fsp3) is 0.217. The number of benzene rings is 2. The Balaban J connectivity index is 1.55.